The van der Waals surface area contributed by atoms with E-state index in [1.807, 2.05) is 6.92 Å². The fourth-order valence-corrected chi connectivity index (χ4v) is 0.851. The first-order chi connectivity index (χ1) is 5.74. The lowest BCUT2D eigenvalue weighted by atomic mass is 10.2. The van der Waals surface area contributed by atoms with E-state index in [-0.39, 0.29) is 6.61 Å². The van der Waals surface area contributed by atoms with Gasteiger partial charge in [0.15, 0.2) is 0 Å². The van der Waals surface area contributed by atoms with Crippen LogP contribution in [-0.2, 0) is 0 Å². The maximum atomic E-state index is 8.45. The SMILES string of the molecule is Cc1cc(N)cnc1C#CCO. The summed E-state index contributed by atoms with van der Waals surface area (Å²) in [7, 11) is 0. The number of nitrogen functional groups attached to an aromatic ring is 1. The van der Waals surface area contributed by atoms with Crippen LogP contribution in [-0.4, -0.2) is 16.7 Å². The van der Waals surface area contributed by atoms with Crippen LogP contribution in [0, 0.1) is 18.8 Å². The summed E-state index contributed by atoms with van der Waals surface area (Å²) >= 11 is 0. The minimum absolute atomic E-state index is 0.147. The van der Waals surface area contributed by atoms with Gasteiger partial charge in [0.25, 0.3) is 0 Å². The Labute approximate surface area is 71.2 Å². The number of aryl methyl sites for hydroxylation is 1. The second-order valence-corrected chi connectivity index (χ2v) is 2.39. The second kappa shape index (κ2) is 3.74. The van der Waals surface area contributed by atoms with Crippen LogP contribution >= 0.6 is 0 Å². The molecule has 0 amide bonds. The van der Waals surface area contributed by atoms with Crippen molar-refractivity contribution < 1.29 is 5.11 Å². The molecule has 12 heavy (non-hydrogen) atoms. The molecule has 0 saturated heterocycles. The molecule has 1 rings (SSSR count). The van der Waals surface area contributed by atoms with E-state index in [2.05, 4.69) is 16.8 Å². The number of nitrogens with two attached hydrogens (primary N) is 1. The molecule has 1 heterocycles. The van der Waals surface area contributed by atoms with Gasteiger partial charge in [-0.25, -0.2) is 4.98 Å². The highest BCUT2D eigenvalue weighted by Gasteiger charge is 1.94. The van der Waals surface area contributed by atoms with Crippen molar-refractivity contribution in [3.8, 4) is 11.8 Å². The van der Waals surface area contributed by atoms with Crippen molar-refractivity contribution in [2.75, 3.05) is 12.3 Å². The number of pyridine rings is 1. The summed E-state index contributed by atoms with van der Waals surface area (Å²) in [4.78, 5) is 4.01. The van der Waals surface area contributed by atoms with Crippen molar-refractivity contribution in [2.24, 2.45) is 0 Å². The second-order valence-electron chi connectivity index (χ2n) is 2.39. The van der Waals surface area contributed by atoms with Gasteiger partial charge in [-0.05, 0) is 24.5 Å². The number of rotatable bonds is 0. The van der Waals surface area contributed by atoms with Crippen LogP contribution in [0.1, 0.15) is 11.3 Å². The lowest BCUT2D eigenvalue weighted by molar-refractivity contribution is 0.350. The van der Waals surface area contributed by atoms with Crippen molar-refractivity contribution in [1.82, 2.24) is 4.98 Å². The van der Waals surface area contributed by atoms with Gasteiger partial charge in [0, 0.05) is 0 Å². The monoisotopic (exact) mass is 162 g/mol. The van der Waals surface area contributed by atoms with Gasteiger partial charge < -0.3 is 10.8 Å². The third-order valence-electron chi connectivity index (χ3n) is 1.39. The number of nitrogens with zero attached hydrogens (tertiary/aromatic N) is 1. The normalized spacial score (nSPS) is 8.83. The molecule has 0 saturated carbocycles. The Bertz CT molecular complexity index is 336. The first-order valence-corrected chi connectivity index (χ1v) is 3.56. The van der Waals surface area contributed by atoms with E-state index in [0.717, 1.165) is 5.56 Å². The molecule has 3 nitrogen and oxygen atoms in total. The molecule has 3 heteroatoms. The molecular formula is C9H10N2O. The van der Waals surface area contributed by atoms with Crippen LogP contribution < -0.4 is 5.73 Å². The number of anilines is 1. The average molecular weight is 162 g/mol. The van der Waals surface area contributed by atoms with Gasteiger partial charge in [0.05, 0.1) is 11.9 Å². The molecule has 3 N–H and O–H groups in total. The summed E-state index contributed by atoms with van der Waals surface area (Å²) in [6.45, 7) is 1.73. The predicted octanol–water partition coefficient (Wildman–Crippen LogP) is 0.316. The molecule has 1 aromatic rings. The molecular weight excluding hydrogens is 152 g/mol. The summed E-state index contributed by atoms with van der Waals surface area (Å²) in [5.41, 5.74) is 7.71. The summed E-state index contributed by atoms with van der Waals surface area (Å²) in [6.07, 6.45) is 1.55. The maximum absolute atomic E-state index is 8.45. The Kier molecular flexibility index (Phi) is 2.67. The van der Waals surface area contributed by atoms with E-state index in [1.165, 1.54) is 0 Å². The quantitative estimate of drug-likeness (QED) is 0.540. The van der Waals surface area contributed by atoms with Crippen molar-refractivity contribution in [1.29, 1.82) is 0 Å². The topological polar surface area (TPSA) is 59.1 Å². The van der Waals surface area contributed by atoms with Crippen LogP contribution in [0.15, 0.2) is 12.3 Å². The van der Waals surface area contributed by atoms with Crippen LogP contribution in [0.3, 0.4) is 0 Å². The molecule has 0 spiro atoms. The van der Waals surface area contributed by atoms with E-state index >= 15 is 0 Å². The highest BCUT2D eigenvalue weighted by molar-refractivity contribution is 5.44. The zero-order valence-corrected chi connectivity index (χ0v) is 6.83. The van der Waals surface area contributed by atoms with Gasteiger partial charge in [-0.2, -0.15) is 0 Å². The van der Waals surface area contributed by atoms with Crippen LogP contribution in [0.4, 0.5) is 5.69 Å². The number of aliphatic hydroxyl groups excluding tert-OH is 1. The number of hydrogen-bond acceptors (Lipinski definition) is 3. The number of hydrogen-bond donors (Lipinski definition) is 2. The summed E-state index contributed by atoms with van der Waals surface area (Å²) in [5, 5.41) is 8.45. The molecule has 62 valence electrons. The fourth-order valence-electron chi connectivity index (χ4n) is 0.851. The van der Waals surface area contributed by atoms with Crippen LogP contribution in [0.2, 0.25) is 0 Å². The fraction of sp³-hybridized carbons (Fsp3) is 0.222. The van der Waals surface area contributed by atoms with Crippen LogP contribution in [0.25, 0.3) is 0 Å². The smallest absolute Gasteiger partial charge is 0.116 e. The first-order valence-electron chi connectivity index (χ1n) is 3.56. The highest BCUT2D eigenvalue weighted by Crippen LogP contribution is 2.06. The third kappa shape index (κ3) is 1.97. The molecule has 0 aliphatic carbocycles. The minimum atomic E-state index is -0.147. The summed E-state index contributed by atoms with van der Waals surface area (Å²) in [6, 6.07) is 1.80. The molecule has 0 aliphatic rings. The molecule has 0 bridgehead atoms. The molecule has 0 unspecified atom stereocenters. The lowest BCUT2D eigenvalue weighted by Crippen LogP contribution is -1.92. The van der Waals surface area contributed by atoms with Gasteiger partial charge in [-0.1, -0.05) is 5.92 Å². The predicted molar refractivity (Wildman–Crippen MR) is 47.4 cm³/mol. The molecule has 0 aliphatic heterocycles. The molecule has 0 atom stereocenters. The van der Waals surface area contributed by atoms with Gasteiger partial charge >= 0.3 is 0 Å². The van der Waals surface area contributed by atoms with Gasteiger partial charge in [-0.15, -0.1) is 0 Å². The molecule has 1 aromatic heterocycles. The van der Waals surface area contributed by atoms with Crippen LogP contribution in [0.5, 0.6) is 0 Å². The van der Waals surface area contributed by atoms with Crippen molar-refractivity contribution in [3.63, 3.8) is 0 Å². The highest BCUT2D eigenvalue weighted by atomic mass is 16.2. The zero-order chi connectivity index (χ0) is 8.97. The molecule has 0 aromatic carbocycles. The summed E-state index contributed by atoms with van der Waals surface area (Å²) in [5.74, 6) is 5.25. The maximum Gasteiger partial charge on any atom is 0.116 e. The van der Waals surface area contributed by atoms with E-state index in [0.29, 0.717) is 11.4 Å². The molecule has 0 radical (unpaired) electrons. The average Bonchev–Trinajstić information content (AvgIpc) is 2.03. The number of aliphatic hydroxyl groups is 1. The standard InChI is InChI=1S/C9H10N2O/c1-7-5-8(10)6-11-9(7)3-2-4-12/h5-6,12H,4,10H2,1H3. The van der Waals surface area contributed by atoms with Crippen molar-refractivity contribution in [2.45, 2.75) is 6.92 Å². The molecule has 0 fully saturated rings. The van der Waals surface area contributed by atoms with E-state index in [9.17, 15) is 0 Å². The van der Waals surface area contributed by atoms with Gasteiger partial charge in [-0.3, -0.25) is 0 Å². The van der Waals surface area contributed by atoms with Crippen molar-refractivity contribution >= 4 is 5.69 Å². The van der Waals surface area contributed by atoms with E-state index in [1.54, 1.807) is 12.3 Å². The van der Waals surface area contributed by atoms with Gasteiger partial charge in [0.2, 0.25) is 0 Å². The Morgan fingerprint density at radius 3 is 3.00 bits per heavy atom. The lowest BCUT2D eigenvalue weighted by Gasteiger charge is -1.97. The Morgan fingerprint density at radius 1 is 1.67 bits per heavy atom. The minimum Gasteiger partial charge on any atom is -0.397 e. The van der Waals surface area contributed by atoms with Gasteiger partial charge in [0.1, 0.15) is 12.3 Å². The summed E-state index contributed by atoms with van der Waals surface area (Å²) < 4.78 is 0. The zero-order valence-electron chi connectivity index (χ0n) is 6.83. The van der Waals surface area contributed by atoms with Crippen molar-refractivity contribution in [3.05, 3.63) is 23.5 Å². The van der Waals surface area contributed by atoms with E-state index < -0.39 is 0 Å². The Hall–Kier alpha value is -1.53. The Balaban J connectivity index is 3.01. The Morgan fingerprint density at radius 2 is 2.42 bits per heavy atom. The number of aromatic nitrogens is 1. The largest absolute Gasteiger partial charge is 0.397 e. The first kappa shape index (κ1) is 8.57. The van der Waals surface area contributed by atoms with E-state index in [4.69, 9.17) is 10.8 Å². The third-order valence-corrected chi connectivity index (χ3v) is 1.39.